The number of nitrogens with zero attached hydrogens (tertiary/aromatic N) is 1. The maximum absolute atomic E-state index is 11.9. The summed E-state index contributed by atoms with van der Waals surface area (Å²) in [6, 6.07) is -0.585. The number of rotatable bonds is 3. The molecule has 100 valence electrons. The summed E-state index contributed by atoms with van der Waals surface area (Å²) in [4.78, 5) is 0. The second-order valence-electron chi connectivity index (χ2n) is 4.17. The minimum Gasteiger partial charge on any atom is -0.374 e. The molecule has 1 N–H and O–H groups in total. The molecule has 2 aliphatic rings. The molecule has 7 nitrogen and oxygen atoms in total. The van der Waals surface area contributed by atoms with Crippen LogP contribution in [0.25, 0.3) is 0 Å². The van der Waals surface area contributed by atoms with E-state index in [0.717, 1.165) is 0 Å². The highest BCUT2D eigenvalue weighted by molar-refractivity contribution is 7.92. The Bertz CT molecular complexity index is 486. The van der Waals surface area contributed by atoms with Crippen LogP contribution in [0.3, 0.4) is 0 Å². The average Bonchev–Trinajstić information content (AvgIpc) is 2.50. The second kappa shape index (κ2) is 4.47. The molecule has 2 atom stereocenters. The summed E-state index contributed by atoms with van der Waals surface area (Å²) in [5, 5.41) is 0. The van der Waals surface area contributed by atoms with Gasteiger partial charge in [-0.2, -0.15) is 12.7 Å². The molecule has 0 aromatic heterocycles. The normalized spacial score (nSPS) is 33.5. The molecule has 0 bridgehead atoms. The molecule has 2 unspecified atom stereocenters. The fourth-order valence-electron chi connectivity index (χ4n) is 2.25. The Labute approximate surface area is 101 Å². The predicted octanol–water partition coefficient (Wildman–Crippen LogP) is -1.66. The van der Waals surface area contributed by atoms with Crippen molar-refractivity contribution in [3.8, 4) is 0 Å². The molecule has 0 aromatic rings. The fraction of sp³-hybridized carbons (Fsp3) is 1.00. The Morgan fingerprint density at radius 2 is 2.12 bits per heavy atom. The quantitative estimate of drug-likeness (QED) is 0.669. The summed E-state index contributed by atoms with van der Waals surface area (Å²) >= 11 is 0. The molecule has 0 spiro atoms. The van der Waals surface area contributed by atoms with Crippen LogP contribution in [0, 0.1) is 0 Å². The first-order chi connectivity index (χ1) is 7.86. The zero-order valence-electron chi connectivity index (χ0n) is 9.50. The number of fused-ring (bicyclic) bond motifs is 1. The van der Waals surface area contributed by atoms with Crippen LogP contribution in [0.4, 0.5) is 0 Å². The number of sulfone groups is 1. The maximum atomic E-state index is 11.9. The molecule has 2 heterocycles. The van der Waals surface area contributed by atoms with Gasteiger partial charge in [0.25, 0.3) is 10.2 Å². The molecule has 0 saturated carbocycles. The Morgan fingerprint density at radius 1 is 1.41 bits per heavy atom. The lowest BCUT2D eigenvalue weighted by atomic mass is 10.2. The number of hydrogen-bond acceptors (Lipinski definition) is 5. The summed E-state index contributed by atoms with van der Waals surface area (Å²) in [7, 11) is -6.79. The zero-order valence-corrected chi connectivity index (χ0v) is 11.1. The summed E-state index contributed by atoms with van der Waals surface area (Å²) in [5.74, 6) is -0.238. The third kappa shape index (κ3) is 2.63. The van der Waals surface area contributed by atoms with Crippen molar-refractivity contribution in [2.45, 2.75) is 19.1 Å². The van der Waals surface area contributed by atoms with Crippen LogP contribution >= 0.6 is 0 Å². The van der Waals surface area contributed by atoms with Gasteiger partial charge >= 0.3 is 0 Å². The van der Waals surface area contributed by atoms with E-state index in [1.165, 1.54) is 4.31 Å². The Morgan fingerprint density at radius 3 is 2.76 bits per heavy atom. The predicted molar refractivity (Wildman–Crippen MR) is 61.5 cm³/mol. The average molecular weight is 284 g/mol. The van der Waals surface area contributed by atoms with Gasteiger partial charge in [0.2, 0.25) is 0 Å². The van der Waals surface area contributed by atoms with E-state index in [-0.39, 0.29) is 31.2 Å². The summed E-state index contributed by atoms with van der Waals surface area (Å²) < 4.78 is 55.7. The minimum absolute atomic E-state index is 0.0875. The summed E-state index contributed by atoms with van der Waals surface area (Å²) in [5.41, 5.74) is 0. The molecule has 2 saturated heterocycles. The van der Waals surface area contributed by atoms with Crippen molar-refractivity contribution in [1.29, 1.82) is 0 Å². The molecular formula is C8H16N2O5S2. The van der Waals surface area contributed by atoms with Gasteiger partial charge in [-0.15, -0.1) is 0 Å². The Kier molecular flexibility index (Phi) is 3.47. The van der Waals surface area contributed by atoms with Gasteiger partial charge in [-0.1, -0.05) is 6.92 Å². The van der Waals surface area contributed by atoms with E-state index in [0.29, 0.717) is 0 Å². The van der Waals surface area contributed by atoms with Gasteiger partial charge in [-0.05, 0) is 0 Å². The Hall–Kier alpha value is -0.220. The molecular weight excluding hydrogens is 268 g/mol. The van der Waals surface area contributed by atoms with E-state index in [1.54, 1.807) is 6.92 Å². The van der Waals surface area contributed by atoms with Gasteiger partial charge < -0.3 is 4.74 Å². The number of ether oxygens (including phenoxy) is 1. The molecule has 17 heavy (non-hydrogen) atoms. The van der Waals surface area contributed by atoms with Gasteiger partial charge in [-0.25, -0.2) is 13.1 Å². The van der Waals surface area contributed by atoms with Crippen molar-refractivity contribution in [1.82, 2.24) is 9.03 Å². The standard InChI is InChI=1S/C8H16N2O5S2/c1-2-9-17(13,14)10-3-4-15-8-6-16(11,12)5-7(8)10/h7-9H,2-6H2,1H3. The molecule has 2 fully saturated rings. The van der Waals surface area contributed by atoms with Gasteiger partial charge in [0.1, 0.15) is 0 Å². The van der Waals surface area contributed by atoms with Crippen LogP contribution in [-0.4, -0.2) is 64.5 Å². The molecule has 0 aromatic carbocycles. The first-order valence-corrected chi connectivity index (χ1v) is 8.70. The SMILES string of the molecule is CCNS(=O)(=O)N1CCOC2CS(=O)(=O)CC21. The third-order valence-electron chi connectivity index (χ3n) is 2.92. The number of nitrogens with one attached hydrogen (secondary N) is 1. The van der Waals surface area contributed by atoms with Crippen molar-refractivity contribution in [3.63, 3.8) is 0 Å². The third-order valence-corrected chi connectivity index (χ3v) is 6.33. The van der Waals surface area contributed by atoms with Gasteiger partial charge in [0.05, 0.1) is 30.3 Å². The highest BCUT2D eigenvalue weighted by atomic mass is 32.2. The van der Waals surface area contributed by atoms with Gasteiger partial charge in [-0.3, -0.25) is 0 Å². The van der Waals surface area contributed by atoms with E-state index >= 15 is 0 Å². The van der Waals surface area contributed by atoms with E-state index < -0.39 is 32.2 Å². The smallest absolute Gasteiger partial charge is 0.279 e. The van der Waals surface area contributed by atoms with Crippen LogP contribution in [0.2, 0.25) is 0 Å². The molecule has 2 rings (SSSR count). The number of morpholine rings is 1. The van der Waals surface area contributed by atoms with Crippen LogP contribution in [-0.2, 0) is 24.8 Å². The highest BCUT2D eigenvalue weighted by Gasteiger charge is 2.47. The monoisotopic (exact) mass is 284 g/mol. The van der Waals surface area contributed by atoms with Crippen LogP contribution in [0.5, 0.6) is 0 Å². The van der Waals surface area contributed by atoms with Crippen LogP contribution < -0.4 is 4.72 Å². The van der Waals surface area contributed by atoms with Crippen molar-refractivity contribution < 1.29 is 21.6 Å². The van der Waals surface area contributed by atoms with E-state index in [2.05, 4.69) is 4.72 Å². The summed E-state index contributed by atoms with van der Waals surface area (Å²) in [6.45, 7) is 2.40. The topological polar surface area (TPSA) is 92.8 Å². The largest absolute Gasteiger partial charge is 0.374 e. The van der Waals surface area contributed by atoms with Crippen LogP contribution in [0.1, 0.15) is 6.92 Å². The molecule has 0 amide bonds. The van der Waals surface area contributed by atoms with Crippen molar-refractivity contribution in [2.24, 2.45) is 0 Å². The van der Waals surface area contributed by atoms with Gasteiger partial charge in [0.15, 0.2) is 9.84 Å². The Balaban J connectivity index is 2.25. The zero-order chi connectivity index (χ0) is 12.7. The second-order valence-corrected chi connectivity index (χ2v) is 8.03. The van der Waals surface area contributed by atoms with E-state index in [1.807, 2.05) is 0 Å². The lowest BCUT2D eigenvalue weighted by Crippen LogP contribution is -2.56. The van der Waals surface area contributed by atoms with E-state index in [9.17, 15) is 16.8 Å². The molecule has 9 heteroatoms. The molecule has 2 aliphatic heterocycles. The first kappa shape index (κ1) is 13.2. The molecule has 0 aliphatic carbocycles. The molecule has 0 radical (unpaired) electrons. The van der Waals surface area contributed by atoms with Gasteiger partial charge in [0, 0.05) is 13.1 Å². The van der Waals surface area contributed by atoms with Crippen molar-refractivity contribution in [2.75, 3.05) is 31.2 Å². The summed E-state index contributed by atoms with van der Waals surface area (Å²) in [6.07, 6.45) is -0.526. The minimum atomic E-state index is -3.60. The first-order valence-electron chi connectivity index (χ1n) is 5.44. The fourth-order valence-corrected chi connectivity index (χ4v) is 5.62. The maximum Gasteiger partial charge on any atom is 0.279 e. The van der Waals surface area contributed by atoms with Crippen molar-refractivity contribution >= 4 is 20.0 Å². The highest BCUT2D eigenvalue weighted by Crippen LogP contribution is 2.26. The number of hydrogen-bond donors (Lipinski definition) is 1. The van der Waals surface area contributed by atoms with Crippen LogP contribution in [0.15, 0.2) is 0 Å². The van der Waals surface area contributed by atoms with E-state index in [4.69, 9.17) is 4.74 Å². The lowest BCUT2D eigenvalue weighted by molar-refractivity contribution is -0.0145. The van der Waals surface area contributed by atoms with Crippen molar-refractivity contribution in [3.05, 3.63) is 0 Å². The lowest BCUT2D eigenvalue weighted by Gasteiger charge is -2.35.